The maximum Gasteiger partial charge on any atom is 0.0640 e. The number of nitrogen functional groups attached to an aromatic ring is 2. The van der Waals surface area contributed by atoms with Crippen LogP contribution in [0.25, 0.3) is 0 Å². The van der Waals surface area contributed by atoms with Crippen molar-refractivity contribution in [1.82, 2.24) is 0 Å². The van der Waals surface area contributed by atoms with Crippen LogP contribution in [-0.4, -0.2) is 28.2 Å². The summed E-state index contributed by atoms with van der Waals surface area (Å²) in [6, 6.07) is 20.0. The predicted octanol–water partition coefficient (Wildman–Crippen LogP) is 4.47. The Morgan fingerprint density at radius 3 is 1.25 bits per heavy atom. The highest BCUT2D eigenvalue weighted by atomic mass is 15.1. The number of nitrogens with one attached hydrogen (secondary N) is 2. The molecule has 3 rings (SSSR count). The van der Waals surface area contributed by atoms with Crippen LogP contribution in [0, 0.1) is 0 Å². The summed E-state index contributed by atoms with van der Waals surface area (Å²) in [7, 11) is 8.07. The van der Waals surface area contributed by atoms with E-state index in [2.05, 4.69) is 44.7 Å². The van der Waals surface area contributed by atoms with E-state index in [1.807, 2.05) is 58.5 Å². The van der Waals surface area contributed by atoms with Gasteiger partial charge in [0.1, 0.15) is 0 Å². The Bertz CT molecular complexity index is 856. The highest BCUT2D eigenvalue weighted by Crippen LogP contribution is 2.34. The average Bonchev–Trinajstić information content (AvgIpc) is 2.66. The fourth-order valence-corrected chi connectivity index (χ4v) is 2.85. The van der Waals surface area contributed by atoms with Gasteiger partial charge in [0.2, 0.25) is 0 Å². The van der Waals surface area contributed by atoms with Crippen LogP contribution in [0.15, 0.2) is 60.7 Å². The van der Waals surface area contributed by atoms with E-state index in [1.54, 1.807) is 6.07 Å². The van der Waals surface area contributed by atoms with Gasteiger partial charge in [-0.25, -0.2) is 0 Å². The highest BCUT2D eigenvalue weighted by Gasteiger charge is 2.08. The standard InChI is InChI=1S/C22H28N6/c1-27(2)17-9-5-15(6-10-17)25-21-14-22(20(24)13-19(21)23)26-16-7-11-18(12-8-16)28(3)4/h5-14,25-26H,23-24H2,1-4H3. The smallest absolute Gasteiger partial charge is 0.0640 e. The molecule has 0 heterocycles. The third-order valence-electron chi connectivity index (χ3n) is 4.55. The minimum Gasteiger partial charge on any atom is -0.397 e. The molecule has 0 unspecified atom stereocenters. The van der Waals surface area contributed by atoms with Gasteiger partial charge < -0.3 is 31.9 Å². The average molecular weight is 377 g/mol. The Balaban J connectivity index is 1.81. The largest absolute Gasteiger partial charge is 0.397 e. The Morgan fingerprint density at radius 1 is 0.571 bits per heavy atom. The van der Waals surface area contributed by atoms with E-state index < -0.39 is 0 Å². The molecule has 146 valence electrons. The Morgan fingerprint density at radius 2 is 0.929 bits per heavy atom. The van der Waals surface area contributed by atoms with E-state index in [0.29, 0.717) is 11.4 Å². The zero-order chi connectivity index (χ0) is 20.3. The first-order valence-corrected chi connectivity index (χ1v) is 9.11. The molecular formula is C22H28N6. The molecule has 6 N–H and O–H groups in total. The zero-order valence-electron chi connectivity index (χ0n) is 16.8. The van der Waals surface area contributed by atoms with Gasteiger partial charge >= 0.3 is 0 Å². The summed E-state index contributed by atoms with van der Waals surface area (Å²) in [5, 5.41) is 6.74. The SMILES string of the molecule is CN(C)c1ccc(Nc2cc(Nc3ccc(N(C)C)cc3)c(N)cc2N)cc1. The van der Waals surface area contributed by atoms with Gasteiger partial charge in [-0.15, -0.1) is 0 Å². The molecule has 0 atom stereocenters. The molecule has 0 fully saturated rings. The third kappa shape index (κ3) is 4.40. The zero-order valence-corrected chi connectivity index (χ0v) is 16.8. The van der Waals surface area contributed by atoms with Crippen molar-refractivity contribution in [2.24, 2.45) is 0 Å². The van der Waals surface area contributed by atoms with Crippen molar-refractivity contribution < 1.29 is 0 Å². The maximum atomic E-state index is 6.18. The van der Waals surface area contributed by atoms with Gasteiger partial charge in [0.15, 0.2) is 0 Å². The molecule has 0 bridgehead atoms. The first-order chi connectivity index (χ1) is 13.3. The number of hydrogen-bond donors (Lipinski definition) is 4. The molecule has 0 aromatic heterocycles. The van der Waals surface area contributed by atoms with Gasteiger partial charge in [0.25, 0.3) is 0 Å². The fraction of sp³-hybridized carbons (Fsp3) is 0.182. The van der Waals surface area contributed by atoms with E-state index in [9.17, 15) is 0 Å². The topological polar surface area (TPSA) is 82.6 Å². The van der Waals surface area contributed by atoms with Crippen LogP contribution in [0.3, 0.4) is 0 Å². The number of anilines is 8. The Labute approximate surface area is 166 Å². The number of benzene rings is 3. The maximum absolute atomic E-state index is 6.18. The summed E-state index contributed by atoms with van der Waals surface area (Å²) in [6.45, 7) is 0. The second-order valence-corrected chi connectivity index (χ2v) is 7.16. The highest BCUT2D eigenvalue weighted by molar-refractivity contribution is 5.86. The van der Waals surface area contributed by atoms with Crippen molar-refractivity contribution in [3.63, 3.8) is 0 Å². The van der Waals surface area contributed by atoms with E-state index in [-0.39, 0.29) is 0 Å². The van der Waals surface area contributed by atoms with E-state index in [1.165, 1.54) is 0 Å². The van der Waals surface area contributed by atoms with Crippen molar-refractivity contribution in [3.8, 4) is 0 Å². The van der Waals surface area contributed by atoms with Gasteiger partial charge in [-0.3, -0.25) is 0 Å². The predicted molar refractivity (Wildman–Crippen MR) is 123 cm³/mol. The van der Waals surface area contributed by atoms with Crippen molar-refractivity contribution in [2.45, 2.75) is 0 Å². The van der Waals surface area contributed by atoms with Gasteiger partial charge in [0, 0.05) is 50.9 Å². The van der Waals surface area contributed by atoms with Gasteiger partial charge in [-0.1, -0.05) is 0 Å². The van der Waals surface area contributed by atoms with Crippen molar-refractivity contribution in [3.05, 3.63) is 60.7 Å². The van der Waals surface area contributed by atoms with E-state index >= 15 is 0 Å². The number of nitrogens with two attached hydrogens (primary N) is 2. The van der Waals surface area contributed by atoms with Gasteiger partial charge in [0.05, 0.1) is 22.7 Å². The monoisotopic (exact) mass is 376 g/mol. The minimum atomic E-state index is 0.600. The van der Waals surface area contributed by atoms with Crippen LogP contribution in [0.1, 0.15) is 0 Å². The lowest BCUT2D eigenvalue weighted by atomic mass is 10.1. The molecule has 0 aliphatic heterocycles. The van der Waals surface area contributed by atoms with Crippen LogP contribution in [0.5, 0.6) is 0 Å². The van der Waals surface area contributed by atoms with Crippen LogP contribution in [-0.2, 0) is 0 Å². The minimum absolute atomic E-state index is 0.600. The van der Waals surface area contributed by atoms with Crippen molar-refractivity contribution >= 4 is 45.5 Å². The van der Waals surface area contributed by atoms with Gasteiger partial charge in [-0.2, -0.15) is 0 Å². The third-order valence-corrected chi connectivity index (χ3v) is 4.55. The van der Waals surface area contributed by atoms with Crippen LogP contribution >= 0.6 is 0 Å². The van der Waals surface area contributed by atoms with Gasteiger partial charge in [-0.05, 0) is 60.7 Å². The fourth-order valence-electron chi connectivity index (χ4n) is 2.85. The van der Waals surface area contributed by atoms with Crippen molar-refractivity contribution in [1.29, 1.82) is 0 Å². The molecule has 0 radical (unpaired) electrons. The summed E-state index contributed by atoms with van der Waals surface area (Å²) in [6.07, 6.45) is 0. The summed E-state index contributed by atoms with van der Waals surface area (Å²) in [4.78, 5) is 4.12. The molecule has 0 saturated carbocycles. The summed E-state index contributed by atoms with van der Waals surface area (Å²) in [5.41, 5.74) is 19.4. The molecule has 3 aromatic carbocycles. The molecular weight excluding hydrogens is 348 g/mol. The van der Waals surface area contributed by atoms with Crippen molar-refractivity contribution in [2.75, 3.05) is 60.1 Å². The number of hydrogen-bond acceptors (Lipinski definition) is 6. The van der Waals surface area contributed by atoms with E-state index in [4.69, 9.17) is 11.5 Å². The Hall–Kier alpha value is -3.54. The number of rotatable bonds is 6. The Kier molecular flexibility index (Phi) is 5.49. The lowest BCUT2D eigenvalue weighted by Crippen LogP contribution is -2.08. The first-order valence-electron chi connectivity index (χ1n) is 9.11. The van der Waals surface area contributed by atoms with Crippen LogP contribution in [0.2, 0.25) is 0 Å². The second-order valence-electron chi connectivity index (χ2n) is 7.16. The lowest BCUT2D eigenvalue weighted by molar-refractivity contribution is 1.13. The summed E-state index contributed by atoms with van der Waals surface area (Å²) >= 11 is 0. The summed E-state index contributed by atoms with van der Waals surface area (Å²) < 4.78 is 0. The quantitative estimate of drug-likeness (QED) is 0.475. The molecule has 0 spiro atoms. The first kappa shape index (κ1) is 19.2. The lowest BCUT2D eigenvalue weighted by Gasteiger charge is -2.17. The molecule has 0 aliphatic carbocycles. The molecule has 0 amide bonds. The van der Waals surface area contributed by atoms with E-state index in [0.717, 1.165) is 34.1 Å². The normalized spacial score (nSPS) is 10.4. The number of nitrogens with zero attached hydrogens (tertiary/aromatic N) is 2. The molecule has 0 aliphatic rings. The molecule has 28 heavy (non-hydrogen) atoms. The molecule has 6 heteroatoms. The molecule has 3 aromatic rings. The summed E-state index contributed by atoms with van der Waals surface area (Å²) in [5.74, 6) is 0. The van der Waals surface area contributed by atoms with Crippen LogP contribution < -0.4 is 31.9 Å². The van der Waals surface area contributed by atoms with Crippen LogP contribution in [0.4, 0.5) is 45.5 Å². The second kappa shape index (κ2) is 8.00. The molecule has 0 saturated heterocycles. The molecule has 6 nitrogen and oxygen atoms in total.